The Hall–Kier alpha value is -2.40. The van der Waals surface area contributed by atoms with Crippen LogP contribution < -0.4 is 15.8 Å². The molecule has 3 aromatic rings. The molecular formula is C16H15F3N4O2S2. The Bertz CT molecular complexity index is 1000. The molecule has 2 N–H and O–H groups in total. The predicted molar refractivity (Wildman–Crippen MR) is 101 cm³/mol. The lowest BCUT2D eigenvalue weighted by atomic mass is 10.2. The number of aromatic amines is 1. The summed E-state index contributed by atoms with van der Waals surface area (Å²) in [6.07, 6.45) is -4.06. The Morgan fingerprint density at radius 1 is 1.26 bits per heavy atom. The van der Waals surface area contributed by atoms with Gasteiger partial charge in [0.15, 0.2) is 5.13 Å². The quantitative estimate of drug-likeness (QED) is 0.655. The minimum Gasteiger partial charge on any atom is -0.349 e. The van der Waals surface area contributed by atoms with Crippen LogP contribution in [0.15, 0.2) is 23.1 Å². The summed E-state index contributed by atoms with van der Waals surface area (Å²) in [6.45, 7) is 5.65. The molecule has 0 aliphatic carbocycles. The second-order valence-electron chi connectivity index (χ2n) is 5.53. The zero-order valence-electron chi connectivity index (χ0n) is 14.3. The van der Waals surface area contributed by atoms with E-state index in [1.54, 1.807) is 6.07 Å². The van der Waals surface area contributed by atoms with Crippen LogP contribution in [0.25, 0.3) is 9.53 Å². The topological polar surface area (TPSA) is 78.1 Å². The first-order chi connectivity index (χ1) is 12.7. The number of anilines is 2. The normalized spacial score (nSPS) is 11.7. The summed E-state index contributed by atoms with van der Waals surface area (Å²) >= 11 is 2.56. The van der Waals surface area contributed by atoms with E-state index in [4.69, 9.17) is 0 Å². The largest absolute Gasteiger partial charge is 0.417 e. The van der Waals surface area contributed by atoms with Gasteiger partial charge in [0.1, 0.15) is 10.5 Å². The number of hydrogen-bond acceptors (Lipinski definition) is 6. The molecule has 27 heavy (non-hydrogen) atoms. The highest BCUT2D eigenvalue weighted by Gasteiger charge is 2.31. The molecule has 0 radical (unpaired) electrons. The molecule has 0 fully saturated rings. The second-order valence-corrected chi connectivity index (χ2v) is 7.57. The van der Waals surface area contributed by atoms with Gasteiger partial charge in [-0.15, -0.1) is 11.3 Å². The van der Waals surface area contributed by atoms with Crippen molar-refractivity contribution in [3.05, 3.63) is 39.1 Å². The fraction of sp³-hybridized carbons (Fsp3) is 0.312. The summed E-state index contributed by atoms with van der Waals surface area (Å²) in [5.74, 6) is -0.653. The van der Waals surface area contributed by atoms with E-state index in [2.05, 4.69) is 15.2 Å². The van der Waals surface area contributed by atoms with Crippen molar-refractivity contribution in [2.45, 2.75) is 20.0 Å². The molecule has 3 aromatic heterocycles. The number of H-pyrrole nitrogens is 1. The third kappa shape index (κ3) is 3.98. The van der Waals surface area contributed by atoms with Gasteiger partial charge in [0.25, 0.3) is 11.5 Å². The Balaban J connectivity index is 1.84. The van der Waals surface area contributed by atoms with Gasteiger partial charge in [0.05, 0.1) is 15.1 Å². The number of nitrogens with one attached hydrogen (secondary N) is 2. The number of halogens is 3. The van der Waals surface area contributed by atoms with Crippen LogP contribution in [-0.2, 0) is 6.18 Å². The first kappa shape index (κ1) is 19.4. The number of aromatic nitrogens is 2. The highest BCUT2D eigenvalue weighted by atomic mass is 32.1. The highest BCUT2D eigenvalue weighted by Crippen LogP contribution is 2.35. The Morgan fingerprint density at radius 3 is 2.56 bits per heavy atom. The number of hydrogen-bond donors (Lipinski definition) is 2. The van der Waals surface area contributed by atoms with Gasteiger partial charge in [0, 0.05) is 19.3 Å². The standard InChI is InChI=1S/C16H15F3N4O2S2/c1-3-23(4-2)15-22-14-11(27-15)6-10(26-14)13(25)21-9-5-8(16(17,18)19)7-20-12(9)24/h5-7H,3-4H2,1-2H3,(H,20,24)(H,21,25). The molecule has 144 valence electrons. The maximum Gasteiger partial charge on any atom is 0.417 e. The van der Waals surface area contributed by atoms with Crippen LogP contribution >= 0.6 is 22.7 Å². The van der Waals surface area contributed by atoms with Crippen molar-refractivity contribution in [2.75, 3.05) is 23.3 Å². The van der Waals surface area contributed by atoms with Gasteiger partial charge >= 0.3 is 6.18 Å². The van der Waals surface area contributed by atoms with Crippen molar-refractivity contribution in [3.8, 4) is 0 Å². The molecule has 0 spiro atoms. The Labute approximate surface area is 159 Å². The fourth-order valence-corrected chi connectivity index (χ4v) is 4.62. The van der Waals surface area contributed by atoms with E-state index in [-0.39, 0.29) is 4.88 Å². The summed E-state index contributed by atoms with van der Waals surface area (Å²) in [6, 6.07) is 2.24. The monoisotopic (exact) mass is 416 g/mol. The first-order valence-corrected chi connectivity index (χ1v) is 9.62. The maximum atomic E-state index is 12.8. The number of thiazole rings is 1. The number of alkyl halides is 3. The number of amides is 1. The molecule has 0 unspecified atom stereocenters. The minimum absolute atomic E-state index is 0.270. The Kier molecular flexibility index (Phi) is 5.24. The zero-order valence-corrected chi connectivity index (χ0v) is 15.9. The van der Waals surface area contributed by atoms with Crippen molar-refractivity contribution in [2.24, 2.45) is 0 Å². The van der Waals surface area contributed by atoms with Crippen molar-refractivity contribution in [1.29, 1.82) is 0 Å². The number of thiophene rings is 1. The fourth-order valence-electron chi connectivity index (χ4n) is 2.39. The molecule has 3 rings (SSSR count). The van der Waals surface area contributed by atoms with E-state index in [9.17, 15) is 22.8 Å². The molecule has 11 heteroatoms. The number of carbonyl (C=O) groups is 1. The smallest absolute Gasteiger partial charge is 0.349 e. The average molecular weight is 416 g/mol. The molecule has 0 aliphatic rings. The van der Waals surface area contributed by atoms with Crippen LogP contribution in [0.2, 0.25) is 0 Å². The summed E-state index contributed by atoms with van der Waals surface area (Å²) in [7, 11) is 0. The number of fused-ring (bicyclic) bond motifs is 1. The van der Waals surface area contributed by atoms with Crippen molar-refractivity contribution in [3.63, 3.8) is 0 Å². The van der Waals surface area contributed by atoms with Crippen LogP contribution in [0.3, 0.4) is 0 Å². The SMILES string of the molecule is CCN(CC)c1nc2sc(C(=O)Nc3cc(C(F)(F)F)c[nH]c3=O)cc2s1. The van der Waals surface area contributed by atoms with E-state index in [0.29, 0.717) is 17.1 Å². The van der Waals surface area contributed by atoms with Gasteiger partial charge in [-0.2, -0.15) is 13.2 Å². The van der Waals surface area contributed by atoms with Crippen LogP contribution in [0.5, 0.6) is 0 Å². The minimum atomic E-state index is -4.63. The maximum absolute atomic E-state index is 12.8. The molecule has 0 aromatic carbocycles. The summed E-state index contributed by atoms with van der Waals surface area (Å²) in [5, 5.41) is 3.09. The van der Waals surface area contributed by atoms with Crippen LogP contribution in [0.1, 0.15) is 29.1 Å². The van der Waals surface area contributed by atoms with Gasteiger partial charge in [-0.05, 0) is 26.0 Å². The van der Waals surface area contributed by atoms with E-state index < -0.39 is 28.9 Å². The number of rotatable bonds is 5. The third-order valence-corrected chi connectivity index (χ3v) is 6.03. The highest BCUT2D eigenvalue weighted by molar-refractivity contribution is 7.29. The molecular weight excluding hydrogens is 401 g/mol. The van der Waals surface area contributed by atoms with Crippen LogP contribution in [0.4, 0.5) is 24.0 Å². The third-order valence-electron chi connectivity index (χ3n) is 3.81. The van der Waals surface area contributed by atoms with Gasteiger partial charge < -0.3 is 15.2 Å². The predicted octanol–water partition coefficient (Wildman–Crippen LogP) is 4.16. The molecule has 0 saturated heterocycles. The lowest BCUT2D eigenvalue weighted by Crippen LogP contribution is -2.21. The molecule has 0 saturated carbocycles. The van der Waals surface area contributed by atoms with E-state index in [0.717, 1.165) is 34.3 Å². The number of pyridine rings is 1. The van der Waals surface area contributed by atoms with Gasteiger partial charge in [0.2, 0.25) is 0 Å². The molecule has 0 bridgehead atoms. The molecule has 6 nitrogen and oxygen atoms in total. The van der Waals surface area contributed by atoms with Gasteiger partial charge in [-0.25, -0.2) is 4.98 Å². The van der Waals surface area contributed by atoms with E-state index >= 15 is 0 Å². The second kappa shape index (κ2) is 7.31. The van der Waals surface area contributed by atoms with Crippen molar-refractivity contribution in [1.82, 2.24) is 9.97 Å². The van der Waals surface area contributed by atoms with Gasteiger partial charge in [-0.3, -0.25) is 9.59 Å². The molecule has 1 amide bonds. The molecule has 3 heterocycles. The van der Waals surface area contributed by atoms with E-state index in [1.807, 2.05) is 18.8 Å². The average Bonchev–Trinajstić information content (AvgIpc) is 3.16. The summed E-state index contributed by atoms with van der Waals surface area (Å²) in [5.41, 5.74) is -2.31. The summed E-state index contributed by atoms with van der Waals surface area (Å²) < 4.78 is 39.1. The number of carbonyl (C=O) groups excluding carboxylic acids is 1. The van der Waals surface area contributed by atoms with Crippen molar-refractivity contribution < 1.29 is 18.0 Å². The van der Waals surface area contributed by atoms with E-state index in [1.165, 1.54) is 11.3 Å². The first-order valence-electron chi connectivity index (χ1n) is 7.99. The lowest BCUT2D eigenvalue weighted by molar-refractivity contribution is -0.137. The zero-order chi connectivity index (χ0) is 19.8. The Morgan fingerprint density at radius 2 is 1.96 bits per heavy atom. The molecule has 0 aliphatic heterocycles. The molecule has 0 atom stereocenters. The van der Waals surface area contributed by atoms with Gasteiger partial charge in [-0.1, -0.05) is 11.3 Å². The lowest BCUT2D eigenvalue weighted by Gasteiger charge is -2.16. The number of nitrogens with zero attached hydrogens (tertiary/aromatic N) is 2. The van der Waals surface area contributed by atoms with Crippen molar-refractivity contribution >= 4 is 48.9 Å². The van der Waals surface area contributed by atoms with Crippen LogP contribution in [-0.4, -0.2) is 29.0 Å². The summed E-state index contributed by atoms with van der Waals surface area (Å²) in [4.78, 5) is 33.6. The van der Waals surface area contributed by atoms with Crippen LogP contribution in [0, 0.1) is 0 Å².